The van der Waals surface area contributed by atoms with Crippen LogP contribution in [0.1, 0.15) is 24.5 Å². The summed E-state index contributed by atoms with van der Waals surface area (Å²) in [5, 5.41) is 0. The Labute approximate surface area is 110 Å². The molecule has 1 aromatic carbocycles. The van der Waals surface area contributed by atoms with Crippen LogP contribution in [0, 0.1) is 5.82 Å². The van der Waals surface area contributed by atoms with Crippen molar-refractivity contribution in [2.45, 2.75) is 30.4 Å². The predicted molar refractivity (Wildman–Crippen MR) is 65.4 cm³/mol. The quantitative estimate of drug-likeness (QED) is 0.782. The van der Waals surface area contributed by atoms with Gasteiger partial charge < -0.3 is 9.47 Å². The predicted octanol–water partition coefficient (Wildman–Crippen LogP) is 2.24. The number of hydrogen-bond acceptors (Lipinski definition) is 4. The Balaban J connectivity index is 2.28. The summed E-state index contributed by atoms with van der Waals surface area (Å²) in [6, 6.07) is 2.49. The van der Waals surface area contributed by atoms with E-state index in [1.807, 2.05) is 0 Å². The van der Waals surface area contributed by atoms with Crippen LogP contribution in [0.3, 0.4) is 0 Å². The fourth-order valence-corrected chi connectivity index (χ4v) is 3.81. The molecule has 0 aromatic heterocycles. The normalized spacial score (nSPS) is 19.3. The van der Waals surface area contributed by atoms with Crippen LogP contribution in [-0.4, -0.2) is 14.2 Å². The van der Waals surface area contributed by atoms with Crippen molar-refractivity contribution in [1.29, 1.82) is 0 Å². The van der Waals surface area contributed by atoms with Crippen LogP contribution in [0.5, 0.6) is 0 Å². The Bertz CT molecular complexity index is 655. The van der Waals surface area contributed by atoms with Crippen LogP contribution in [0.4, 0.5) is 4.39 Å². The second kappa shape index (κ2) is 3.96. The largest absolute Gasteiger partial charge is 0.453 e. The highest BCUT2D eigenvalue weighted by atomic mass is 32.2. The summed E-state index contributed by atoms with van der Waals surface area (Å²) in [4.78, 5) is 0.104. The summed E-state index contributed by atoms with van der Waals surface area (Å²) in [6.07, 6.45) is 3.53. The maximum atomic E-state index is 13.9. The summed E-state index contributed by atoms with van der Waals surface area (Å²) >= 11 is 0. The van der Waals surface area contributed by atoms with E-state index in [0.717, 1.165) is 0 Å². The molecular weight excluding hydrogens is 271 g/mol. The van der Waals surface area contributed by atoms with Crippen LogP contribution in [-0.2, 0) is 31.5 Å². The highest BCUT2D eigenvalue weighted by Gasteiger charge is 2.48. The zero-order valence-corrected chi connectivity index (χ0v) is 11.2. The van der Waals surface area contributed by atoms with E-state index < -0.39 is 21.4 Å². The molecule has 19 heavy (non-hydrogen) atoms. The Morgan fingerprint density at radius 3 is 2.63 bits per heavy atom. The number of rotatable bonds is 2. The van der Waals surface area contributed by atoms with Gasteiger partial charge >= 0.3 is 0 Å². The van der Waals surface area contributed by atoms with Crippen LogP contribution in [0.2, 0.25) is 0 Å². The Hall–Kier alpha value is -1.56. The molecule has 1 aromatic rings. The third kappa shape index (κ3) is 1.66. The molecule has 0 unspecified atom stereocenters. The number of fused-ring (bicyclic) bond motifs is 2. The molecular formula is C13H13FO4S. The average Bonchev–Trinajstić information content (AvgIpc) is 3.00. The van der Waals surface area contributed by atoms with Gasteiger partial charge in [0.05, 0.1) is 16.2 Å². The van der Waals surface area contributed by atoms with Gasteiger partial charge in [-0.3, -0.25) is 0 Å². The molecule has 6 heteroatoms. The lowest BCUT2D eigenvalue weighted by Crippen LogP contribution is -2.26. The van der Waals surface area contributed by atoms with Crippen molar-refractivity contribution in [2.75, 3.05) is 5.75 Å². The fourth-order valence-electron chi connectivity index (χ4n) is 2.63. The van der Waals surface area contributed by atoms with E-state index in [2.05, 4.69) is 0 Å². The van der Waals surface area contributed by atoms with Crippen molar-refractivity contribution >= 4 is 9.84 Å². The first kappa shape index (κ1) is 12.5. The van der Waals surface area contributed by atoms with Crippen LogP contribution < -0.4 is 0 Å². The standard InChI is InChI=1S/C13H13FO4S/c1-2-19(15,16)11-4-3-10(14)9-5-6-13(12(9)11)17-7-8-18-13/h3-4,7-8H,2,5-6H2,1H3. The molecule has 0 N–H and O–H groups in total. The number of hydrogen-bond donors (Lipinski definition) is 0. The highest BCUT2D eigenvalue weighted by Crippen LogP contribution is 2.47. The van der Waals surface area contributed by atoms with E-state index in [1.165, 1.54) is 24.7 Å². The minimum Gasteiger partial charge on any atom is -0.453 e. The van der Waals surface area contributed by atoms with Crippen LogP contribution >= 0.6 is 0 Å². The first-order valence-corrected chi connectivity index (χ1v) is 7.71. The van der Waals surface area contributed by atoms with Gasteiger partial charge in [0.15, 0.2) is 9.84 Å². The van der Waals surface area contributed by atoms with E-state index in [0.29, 0.717) is 24.0 Å². The van der Waals surface area contributed by atoms with E-state index >= 15 is 0 Å². The number of halogens is 1. The molecule has 2 aliphatic rings. The second-order valence-corrected chi connectivity index (χ2v) is 6.81. The first-order valence-electron chi connectivity index (χ1n) is 6.05. The van der Waals surface area contributed by atoms with Gasteiger partial charge in [0.2, 0.25) is 0 Å². The van der Waals surface area contributed by atoms with E-state index in [-0.39, 0.29) is 10.6 Å². The molecule has 0 radical (unpaired) electrons. The Kier molecular flexibility index (Phi) is 2.60. The summed E-state index contributed by atoms with van der Waals surface area (Å²) in [5.74, 6) is -1.63. The van der Waals surface area contributed by atoms with E-state index in [4.69, 9.17) is 9.47 Å². The molecule has 0 bridgehead atoms. The molecule has 1 aliphatic heterocycles. The molecule has 0 amide bonds. The lowest BCUT2D eigenvalue weighted by atomic mass is 10.1. The second-order valence-electron chi connectivity index (χ2n) is 4.56. The van der Waals surface area contributed by atoms with Gasteiger partial charge in [-0.1, -0.05) is 6.92 Å². The monoisotopic (exact) mass is 284 g/mol. The summed E-state index contributed by atoms with van der Waals surface area (Å²) in [6.45, 7) is 1.56. The Morgan fingerprint density at radius 1 is 1.32 bits per heavy atom. The third-order valence-electron chi connectivity index (χ3n) is 3.59. The van der Waals surface area contributed by atoms with E-state index in [9.17, 15) is 12.8 Å². The van der Waals surface area contributed by atoms with Crippen LogP contribution in [0.25, 0.3) is 0 Å². The smallest absolute Gasteiger partial charge is 0.278 e. The van der Waals surface area contributed by atoms with Gasteiger partial charge in [0.1, 0.15) is 18.3 Å². The van der Waals surface area contributed by atoms with Crippen molar-refractivity contribution < 1.29 is 22.3 Å². The third-order valence-corrected chi connectivity index (χ3v) is 5.36. The molecule has 0 saturated heterocycles. The van der Waals surface area contributed by atoms with Crippen molar-refractivity contribution in [3.05, 3.63) is 41.6 Å². The SMILES string of the molecule is CCS(=O)(=O)c1ccc(F)c2c1C1(CC2)OC=CO1. The van der Waals surface area contributed by atoms with Crippen LogP contribution in [0.15, 0.2) is 29.6 Å². The summed E-state index contributed by atoms with van der Waals surface area (Å²) in [5.41, 5.74) is 0.692. The van der Waals surface area contributed by atoms with E-state index in [1.54, 1.807) is 6.92 Å². The molecule has 1 spiro atoms. The van der Waals surface area contributed by atoms with Gasteiger partial charge in [-0.2, -0.15) is 0 Å². The molecule has 102 valence electrons. The number of sulfone groups is 1. The first-order chi connectivity index (χ1) is 9.00. The van der Waals surface area contributed by atoms with Gasteiger partial charge in [0.25, 0.3) is 5.79 Å². The fraction of sp³-hybridized carbons (Fsp3) is 0.385. The molecule has 1 aliphatic carbocycles. The van der Waals surface area contributed by atoms with Gasteiger partial charge in [0, 0.05) is 12.0 Å². The topological polar surface area (TPSA) is 52.6 Å². The van der Waals surface area contributed by atoms with Crippen molar-refractivity contribution in [1.82, 2.24) is 0 Å². The van der Waals surface area contributed by atoms with Crippen molar-refractivity contribution in [3.63, 3.8) is 0 Å². The maximum absolute atomic E-state index is 13.9. The molecule has 0 saturated carbocycles. The zero-order valence-electron chi connectivity index (χ0n) is 10.3. The molecule has 1 heterocycles. The average molecular weight is 284 g/mol. The van der Waals surface area contributed by atoms with Crippen molar-refractivity contribution in [3.8, 4) is 0 Å². The lowest BCUT2D eigenvalue weighted by molar-refractivity contribution is -0.148. The molecule has 0 fully saturated rings. The minimum atomic E-state index is -3.46. The highest BCUT2D eigenvalue weighted by molar-refractivity contribution is 7.91. The number of ether oxygens (including phenoxy) is 2. The number of benzene rings is 1. The summed E-state index contributed by atoms with van der Waals surface area (Å²) < 4.78 is 49.0. The molecule has 0 atom stereocenters. The van der Waals surface area contributed by atoms with Gasteiger partial charge in [-0.05, 0) is 18.6 Å². The molecule has 3 rings (SSSR count). The van der Waals surface area contributed by atoms with Gasteiger partial charge in [-0.25, -0.2) is 12.8 Å². The Morgan fingerprint density at radius 2 is 2.00 bits per heavy atom. The maximum Gasteiger partial charge on any atom is 0.278 e. The zero-order chi connectivity index (χ0) is 13.7. The van der Waals surface area contributed by atoms with Crippen molar-refractivity contribution in [2.24, 2.45) is 0 Å². The lowest BCUT2D eigenvalue weighted by Gasteiger charge is -2.25. The van der Waals surface area contributed by atoms with Gasteiger partial charge in [-0.15, -0.1) is 0 Å². The molecule has 4 nitrogen and oxygen atoms in total. The summed E-state index contributed by atoms with van der Waals surface area (Å²) in [7, 11) is -3.46. The minimum absolute atomic E-state index is 0.0470.